The van der Waals surface area contributed by atoms with E-state index in [1.54, 1.807) is 0 Å². The van der Waals surface area contributed by atoms with Crippen molar-refractivity contribution in [2.24, 2.45) is 7.05 Å². The molecule has 1 saturated heterocycles. The largest absolute Gasteiger partial charge is 0.376 e. The molecule has 5 heteroatoms. The third-order valence-corrected chi connectivity index (χ3v) is 6.81. The minimum absolute atomic E-state index is 0.153. The Labute approximate surface area is 183 Å². The summed E-state index contributed by atoms with van der Waals surface area (Å²) in [4.78, 5) is 15.1. The van der Waals surface area contributed by atoms with Gasteiger partial charge in [0.05, 0.1) is 11.8 Å². The lowest BCUT2D eigenvalue weighted by Crippen LogP contribution is -2.32. The lowest BCUT2D eigenvalue weighted by atomic mass is 9.91. The molecule has 0 aliphatic carbocycles. The van der Waals surface area contributed by atoms with Gasteiger partial charge in [0.25, 0.3) is 5.91 Å². The fourth-order valence-electron chi connectivity index (χ4n) is 4.81. The fraction of sp³-hybridized carbons (Fsp3) is 0.385. The number of ether oxygens (including phenoxy) is 1. The van der Waals surface area contributed by atoms with Crippen LogP contribution in [0, 0.1) is 13.8 Å². The highest BCUT2D eigenvalue weighted by atomic mass is 16.5. The summed E-state index contributed by atoms with van der Waals surface area (Å²) in [5, 5.41) is 4.48. The zero-order chi connectivity index (χ0) is 21.5. The minimum atomic E-state index is 0.153. The van der Waals surface area contributed by atoms with Crippen LogP contribution in [0.2, 0.25) is 0 Å². The van der Waals surface area contributed by atoms with E-state index >= 15 is 0 Å². The number of fused-ring (bicyclic) bond motifs is 1. The van der Waals surface area contributed by atoms with Gasteiger partial charge in [0.2, 0.25) is 0 Å². The molecule has 0 radical (unpaired) electrons. The quantitative estimate of drug-likeness (QED) is 0.619. The van der Waals surface area contributed by atoms with Gasteiger partial charge in [-0.3, -0.25) is 9.48 Å². The Kier molecular flexibility index (Phi) is 5.14. The van der Waals surface area contributed by atoms with E-state index < -0.39 is 0 Å². The topological polar surface area (TPSA) is 47.4 Å². The van der Waals surface area contributed by atoms with Crippen LogP contribution in [-0.4, -0.2) is 39.8 Å². The van der Waals surface area contributed by atoms with Crippen LogP contribution in [0.25, 0.3) is 11.3 Å². The number of nitrogens with zero attached hydrogens (tertiary/aromatic N) is 3. The number of rotatable bonds is 5. The maximum Gasteiger partial charge on any atom is 0.254 e. The number of aryl methyl sites for hydroxylation is 1. The van der Waals surface area contributed by atoms with E-state index in [1.807, 2.05) is 28.9 Å². The Morgan fingerprint density at radius 3 is 2.61 bits per heavy atom. The third-order valence-electron chi connectivity index (χ3n) is 6.81. The second-order valence-corrected chi connectivity index (χ2v) is 8.88. The van der Waals surface area contributed by atoms with Crippen molar-refractivity contribution >= 4 is 5.91 Å². The zero-order valence-electron chi connectivity index (χ0n) is 18.5. The second kappa shape index (κ2) is 7.97. The Morgan fingerprint density at radius 1 is 1.13 bits per heavy atom. The molecule has 0 saturated carbocycles. The van der Waals surface area contributed by atoms with Gasteiger partial charge < -0.3 is 9.64 Å². The average Bonchev–Trinajstić information content (AvgIpc) is 3.50. The van der Waals surface area contributed by atoms with Gasteiger partial charge in [-0.1, -0.05) is 24.3 Å². The molecule has 0 bridgehead atoms. The van der Waals surface area contributed by atoms with E-state index in [0.29, 0.717) is 13.1 Å². The number of carbonyl (C=O) groups is 1. The SMILES string of the molecule is Cc1c(Cc2ccc(-c3ccn(C)n3)cc2)cc2c(c1C)CN(C[C@@H]1CCCO1)C2=O. The molecule has 5 nitrogen and oxygen atoms in total. The number of hydrogen-bond acceptors (Lipinski definition) is 3. The molecule has 1 aromatic heterocycles. The smallest absolute Gasteiger partial charge is 0.254 e. The van der Waals surface area contributed by atoms with Crippen molar-refractivity contribution in [3.8, 4) is 11.3 Å². The molecule has 2 aliphatic rings. The third kappa shape index (κ3) is 3.79. The predicted molar refractivity (Wildman–Crippen MR) is 121 cm³/mol. The molecule has 3 aromatic rings. The summed E-state index contributed by atoms with van der Waals surface area (Å²) in [5.74, 6) is 0.153. The summed E-state index contributed by atoms with van der Waals surface area (Å²) >= 11 is 0. The Morgan fingerprint density at radius 2 is 1.94 bits per heavy atom. The van der Waals surface area contributed by atoms with Crippen LogP contribution in [0.15, 0.2) is 42.6 Å². The summed E-state index contributed by atoms with van der Waals surface area (Å²) in [5.41, 5.74) is 9.18. The first kappa shape index (κ1) is 20.0. The lowest BCUT2D eigenvalue weighted by molar-refractivity contribution is 0.0545. The van der Waals surface area contributed by atoms with E-state index in [-0.39, 0.29) is 12.0 Å². The summed E-state index contributed by atoms with van der Waals surface area (Å²) in [6, 6.07) is 12.7. The van der Waals surface area contributed by atoms with Gasteiger partial charge in [-0.05, 0) is 73.1 Å². The van der Waals surface area contributed by atoms with Crippen molar-refractivity contribution in [3.05, 3.63) is 76.0 Å². The molecule has 3 heterocycles. The minimum Gasteiger partial charge on any atom is -0.376 e. The van der Waals surface area contributed by atoms with Gasteiger partial charge in [0.1, 0.15) is 0 Å². The highest BCUT2D eigenvalue weighted by Crippen LogP contribution is 2.32. The number of hydrogen-bond donors (Lipinski definition) is 0. The van der Waals surface area contributed by atoms with Gasteiger partial charge in [-0.2, -0.15) is 5.10 Å². The average molecular weight is 416 g/mol. The van der Waals surface area contributed by atoms with Gasteiger partial charge in [0, 0.05) is 44.1 Å². The number of aromatic nitrogens is 2. The van der Waals surface area contributed by atoms with Crippen molar-refractivity contribution in [1.82, 2.24) is 14.7 Å². The van der Waals surface area contributed by atoms with Crippen molar-refractivity contribution in [3.63, 3.8) is 0 Å². The maximum atomic E-state index is 13.1. The lowest BCUT2D eigenvalue weighted by Gasteiger charge is -2.19. The molecule has 5 rings (SSSR count). The van der Waals surface area contributed by atoms with Crippen LogP contribution in [0.1, 0.15) is 51.0 Å². The summed E-state index contributed by atoms with van der Waals surface area (Å²) < 4.78 is 7.58. The van der Waals surface area contributed by atoms with Crippen molar-refractivity contribution in [2.75, 3.05) is 13.2 Å². The van der Waals surface area contributed by atoms with Gasteiger partial charge in [-0.15, -0.1) is 0 Å². The van der Waals surface area contributed by atoms with E-state index in [4.69, 9.17) is 4.74 Å². The maximum absolute atomic E-state index is 13.1. The van der Waals surface area contributed by atoms with E-state index in [9.17, 15) is 4.79 Å². The Balaban J connectivity index is 1.37. The molecule has 0 unspecified atom stereocenters. The van der Waals surface area contributed by atoms with Crippen LogP contribution < -0.4 is 0 Å². The van der Waals surface area contributed by atoms with E-state index in [2.05, 4.69) is 49.3 Å². The van der Waals surface area contributed by atoms with Crippen molar-refractivity contribution in [2.45, 2.75) is 45.8 Å². The van der Waals surface area contributed by atoms with Gasteiger partial charge >= 0.3 is 0 Å². The molecule has 160 valence electrons. The number of amides is 1. The van der Waals surface area contributed by atoms with Crippen LogP contribution in [0.4, 0.5) is 0 Å². The van der Waals surface area contributed by atoms with Crippen molar-refractivity contribution < 1.29 is 9.53 Å². The number of benzene rings is 2. The Hall–Kier alpha value is -2.92. The number of carbonyl (C=O) groups excluding carboxylic acids is 1. The second-order valence-electron chi connectivity index (χ2n) is 8.88. The first-order chi connectivity index (χ1) is 15.0. The van der Waals surface area contributed by atoms with Crippen LogP contribution >= 0.6 is 0 Å². The highest BCUT2D eigenvalue weighted by molar-refractivity contribution is 5.99. The summed E-state index contributed by atoms with van der Waals surface area (Å²) in [7, 11) is 1.93. The van der Waals surface area contributed by atoms with Crippen LogP contribution in [0.3, 0.4) is 0 Å². The molecule has 1 fully saturated rings. The van der Waals surface area contributed by atoms with Gasteiger partial charge in [0.15, 0.2) is 0 Å². The fourth-order valence-corrected chi connectivity index (χ4v) is 4.81. The predicted octanol–water partition coefficient (Wildman–Crippen LogP) is 4.43. The molecule has 2 aliphatic heterocycles. The molecular weight excluding hydrogens is 386 g/mol. The molecular formula is C26H29N3O2. The highest BCUT2D eigenvalue weighted by Gasteiger charge is 2.32. The van der Waals surface area contributed by atoms with E-state index in [1.165, 1.54) is 27.8 Å². The molecule has 1 atom stereocenters. The molecule has 1 amide bonds. The molecule has 0 spiro atoms. The van der Waals surface area contributed by atoms with E-state index in [0.717, 1.165) is 42.7 Å². The Bertz CT molecular complexity index is 1120. The molecule has 0 N–H and O–H groups in total. The standard InChI is InChI=1S/C26H29N3O2/c1-17-18(2)24-16-29(15-22-5-4-12-31-22)26(30)23(24)14-21(17)13-19-6-8-20(9-7-19)25-10-11-28(3)27-25/h6-11,14,22H,4-5,12-13,15-16H2,1-3H3/t22-/m0/s1. The van der Waals surface area contributed by atoms with Gasteiger partial charge in [-0.25, -0.2) is 0 Å². The summed E-state index contributed by atoms with van der Waals surface area (Å²) in [6.45, 7) is 6.57. The molecule has 2 aromatic carbocycles. The molecule has 31 heavy (non-hydrogen) atoms. The first-order valence-corrected chi connectivity index (χ1v) is 11.1. The van der Waals surface area contributed by atoms with Crippen molar-refractivity contribution in [1.29, 1.82) is 0 Å². The van der Waals surface area contributed by atoms with Crippen LogP contribution in [-0.2, 0) is 24.8 Å². The first-order valence-electron chi connectivity index (χ1n) is 11.1. The normalized spacial score (nSPS) is 18.1. The summed E-state index contributed by atoms with van der Waals surface area (Å²) in [6.07, 6.45) is 5.12. The van der Waals surface area contributed by atoms with Crippen LogP contribution in [0.5, 0.6) is 0 Å². The monoisotopic (exact) mass is 415 g/mol. The zero-order valence-corrected chi connectivity index (χ0v) is 18.5.